The number of rotatable bonds is 0. The highest BCUT2D eigenvalue weighted by atomic mass is 16.3. The highest BCUT2D eigenvalue weighted by molar-refractivity contribution is 6.17. The van der Waals surface area contributed by atoms with Crippen LogP contribution >= 0.6 is 0 Å². The average Bonchev–Trinajstić information content (AvgIpc) is 3.01. The normalized spacial score (nSPS) is 15.6. The molecule has 0 fully saturated rings. The quantitative estimate of drug-likeness (QED) is 0.301. The smallest absolute Gasteiger partial charge is 0.139 e. The summed E-state index contributed by atoms with van der Waals surface area (Å²) in [7, 11) is 0. The minimum Gasteiger partial charge on any atom is -0.455 e. The third-order valence-corrected chi connectivity index (χ3v) is 6.80. The van der Waals surface area contributed by atoms with Crippen molar-refractivity contribution < 1.29 is 4.42 Å². The van der Waals surface area contributed by atoms with Crippen molar-refractivity contribution in [2.75, 3.05) is 0 Å². The first-order valence-electron chi connectivity index (χ1n) is 10.9. The summed E-state index contributed by atoms with van der Waals surface area (Å²) in [6, 6.07) is 13.4. The van der Waals surface area contributed by atoms with Crippen molar-refractivity contribution in [2.45, 2.75) is 71.6 Å². The van der Waals surface area contributed by atoms with E-state index in [1.807, 2.05) is 6.20 Å². The summed E-state index contributed by atoms with van der Waals surface area (Å²) in [6.07, 6.45) is 1.91. The molecule has 1 aliphatic carbocycles. The van der Waals surface area contributed by atoms with Crippen LogP contribution < -0.4 is 0 Å². The van der Waals surface area contributed by atoms with Crippen LogP contribution in [0.15, 0.2) is 47.0 Å². The minimum absolute atomic E-state index is 0.00395. The van der Waals surface area contributed by atoms with Gasteiger partial charge in [0, 0.05) is 39.1 Å². The fourth-order valence-corrected chi connectivity index (χ4v) is 5.14. The van der Waals surface area contributed by atoms with Crippen molar-refractivity contribution in [1.82, 2.24) is 4.98 Å². The number of hydrogen-bond donors (Lipinski definition) is 0. The van der Waals surface area contributed by atoms with Crippen molar-refractivity contribution >= 4 is 21.9 Å². The van der Waals surface area contributed by atoms with E-state index in [9.17, 15) is 0 Å². The van der Waals surface area contributed by atoms with E-state index in [4.69, 9.17) is 9.40 Å². The number of hydrogen-bond acceptors (Lipinski definition) is 2. The van der Waals surface area contributed by atoms with E-state index in [2.05, 4.69) is 91.8 Å². The van der Waals surface area contributed by atoms with Crippen LogP contribution in [0.3, 0.4) is 0 Å². The molecule has 0 spiro atoms. The van der Waals surface area contributed by atoms with Gasteiger partial charge in [-0.2, -0.15) is 0 Å². The monoisotopic (exact) mass is 397 g/mol. The fourth-order valence-electron chi connectivity index (χ4n) is 5.14. The zero-order valence-electron chi connectivity index (χ0n) is 19.4. The van der Waals surface area contributed by atoms with Gasteiger partial charge >= 0.3 is 0 Å². The second-order valence-corrected chi connectivity index (χ2v) is 11.4. The Morgan fingerprint density at radius 1 is 0.733 bits per heavy atom. The van der Waals surface area contributed by atoms with Crippen molar-refractivity contribution in [3.8, 4) is 11.3 Å². The average molecular weight is 398 g/mol. The van der Waals surface area contributed by atoms with E-state index in [1.54, 1.807) is 0 Å². The molecule has 0 N–H and O–H groups in total. The Morgan fingerprint density at radius 3 is 1.97 bits per heavy atom. The van der Waals surface area contributed by atoms with E-state index in [1.165, 1.54) is 38.6 Å². The zero-order chi connectivity index (χ0) is 21.6. The first kappa shape index (κ1) is 19.4. The van der Waals surface area contributed by atoms with E-state index < -0.39 is 0 Å². The van der Waals surface area contributed by atoms with E-state index >= 15 is 0 Å². The summed E-state index contributed by atoms with van der Waals surface area (Å²) < 4.78 is 6.81. The lowest BCUT2D eigenvalue weighted by Crippen LogP contribution is -2.21. The Hall–Kier alpha value is -2.61. The van der Waals surface area contributed by atoms with Crippen molar-refractivity contribution in [2.24, 2.45) is 0 Å². The maximum absolute atomic E-state index is 6.81. The topological polar surface area (TPSA) is 26.0 Å². The molecule has 0 amide bonds. The van der Waals surface area contributed by atoms with Gasteiger partial charge in [-0.25, -0.2) is 0 Å². The lowest BCUT2D eigenvalue weighted by atomic mass is 9.75. The number of furan rings is 1. The van der Waals surface area contributed by atoms with Gasteiger partial charge in [0.05, 0.1) is 5.69 Å². The minimum atomic E-state index is -0.171. The van der Waals surface area contributed by atoms with Crippen LogP contribution in [0.1, 0.15) is 77.6 Å². The fraction of sp³-hybridized carbons (Fsp3) is 0.393. The van der Waals surface area contributed by atoms with Crippen LogP contribution in [0, 0.1) is 0 Å². The molecule has 0 atom stereocenters. The summed E-state index contributed by atoms with van der Waals surface area (Å²) in [5, 5.41) is 2.49. The standard InChI is InChI=1S/C28H31NO/c1-26(2,3)19-12-11-16-21-22-17(28(7,8)18-10-9-15-29-23(16)18)13-14-20(27(4,5)6)25(22)30-24(19)21/h9-15H,1-8H3. The Labute approximate surface area is 179 Å². The van der Waals surface area contributed by atoms with Gasteiger partial charge in [0.2, 0.25) is 0 Å². The number of pyridine rings is 1. The van der Waals surface area contributed by atoms with Crippen molar-refractivity contribution in [3.05, 3.63) is 64.8 Å². The molecule has 2 heterocycles. The number of nitrogens with zero attached hydrogens (tertiary/aromatic N) is 1. The van der Waals surface area contributed by atoms with Crippen LogP contribution in [-0.4, -0.2) is 4.98 Å². The van der Waals surface area contributed by atoms with E-state index in [0.717, 1.165) is 16.9 Å². The van der Waals surface area contributed by atoms with Gasteiger partial charge in [-0.15, -0.1) is 0 Å². The highest BCUT2D eigenvalue weighted by Gasteiger charge is 2.37. The molecule has 1 aliphatic rings. The van der Waals surface area contributed by atoms with Crippen LogP contribution in [0.5, 0.6) is 0 Å². The van der Waals surface area contributed by atoms with Crippen molar-refractivity contribution in [3.63, 3.8) is 0 Å². The highest BCUT2D eigenvalue weighted by Crippen LogP contribution is 2.52. The van der Waals surface area contributed by atoms with Gasteiger partial charge in [0.1, 0.15) is 11.2 Å². The van der Waals surface area contributed by atoms with Crippen LogP contribution in [0.4, 0.5) is 0 Å². The van der Waals surface area contributed by atoms with Gasteiger partial charge in [-0.3, -0.25) is 4.98 Å². The predicted molar refractivity (Wildman–Crippen MR) is 126 cm³/mol. The predicted octanol–water partition coefficient (Wildman–Crippen LogP) is 7.88. The maximum atomic E-state index is 6.81. The van der Waals surface area contributed by atoms with Gasteiger partial charge < -0.3 is 4.42 Å². The molecule has 2 nitrogen and oxygen atoms in total. The van der Waals surface area contributed by atoms with Gasteiger partial charge in [-0.1, -0.05) is 85.7 Å². The van der Waals surface area contributed by atoms with Gasteiger partial charge in [0.25, 0.3) is 0 Å². The Kier molecular flexibility index (Phi) is 3.71. The van der Waals surface area contributed by atoms with Crippen LogP contribution in [0.25, 0.3) is 33.2 Å². The first-order valence-corrected chi connectivity index (χ1v) is 10.9. The SMILES string of the molecule is CC(C)(C)c1ccc2c3c1oc1c(C(C)(C)C)ccc(c13)C(C)(C)c1cccnc1-2. The molecule has 0 radical (unpaired) electrons. The van der Waals surface area contributed by atoms with E-state index in [-0.39, 0.29) is 16.2 Å². The molecule has 5 rings (SSSR count). The number of fused-ring (bicyclic) bond motifs is 2. The Balaban J connectivity index is 2.11. The molecule has 4 aromatic rings. The summed E-state index contributed by atoms with van der Waals surface area (Å²) in [4.78, 5) is 4.87. The first-order chi connectivity index (χ1) is 13.9. The van der Waals surface area contributed by atoms with Crippen molar-refractivity contribution in [1.29, 1.82) is 0 Å². The molecule has 0 unspecified atom stereocenters. The van der Waals surface area contributed by atoms with Crippen LogP contribution in [-0.2, 0) is 16.2 Å². The van der Waals surface area contributed by atoms with Gasteiger partial charge in [0.15, 0.2) is 0 Å². The molecule has 2 aromatic heterocycles. The number of benzene rings is 2. The molecule has 2 heteroatoms. The molecule has 154 valence electrons. The summed E-state index contributed by atoms with van der Waals surface area (Å²) in [5.74, 6) is 0. The molecule has 0 saturated heterocycles. The summed E-state index contributed by atoms with van der Waals surface area (Å²) in [5.41, 5.74) is 9.23. The number of aromatic nitrogens is 1. The molecule has 0 saturated carbocycles. The lowest BCUT2D eigenvalue weighted by molar-refractivity contribution is 0.555. The maximum Gasteiger partial charge on any atom is 0.139 e. The Morgan fingerprint density at radius 2 is 1.33 bits per heavy atom. The Bertz CT molecular complexity index is 1320. The molecule has 2 aromatic carbocycles. The van der Waals surface area contributed by atoms with Crippen LogP contribution in [0.2, 0.25) is 0 Å². The molecular weight excluding hydrogens is 366 g/mol. The second kappa shape index (κ2) is 5.75. The lowest BCUT2D eigenvalue weighted by Gasteiger charge is -2.28. The van der Waals surface area contributed by atoms with Gasteiger partial charge in [-0.05, 0) is 28.0 Å². The summed E-state index contributed by atoms with van der Waals surface area (Å²) in [6.45, 7) is 18.2. The summed E-state index contributed by atoms with van der Waals surface area (Å²) >= 11 is 0. The van der Waals surface area contributed by atoms with E-state index in [0.29, 0.717) is 0 Å². The third kappa shape index (κ3) is 2.46. The molecular formula is C28H31NO. The largest absolute Gasteiger partial charge is 0.455 e. The second-order valence-electron chi connectivity index (χ2n) is 11.4. The zero-order valence-corrected chi connectivity index (χ0v) is 19.4. The molecule has 0 aliphatic heterocycles. The third-order valence-electron chi connectivity index (χ3n) is 6.80. The molecule has 0 bridgehead atoms. The molecule has 30 heavy (non-hydrogen) atoms.